The molecule has 1 N–H and O–H groups in total. The number of benzene rings is 6. The maximum absolute atomic E-state index is 15.2. The molecule has 18 nitrogen and oxygen atoms in total. The second-order valence-electron chi connectivity index (χ2n) is 15.8. The molecule has 0 saturated heterocycles. The molecule has 0 aliphatic carbocycles. The van der Waals surface area contributed by atoms with E-state index in [9.17, 15) is 39.6 Å². The smallest absolute Gasteiger partial charge is 0.537 e. The molecule has 10 aromatic rings. The van der Waals surface area contributed by atoms with E-state index in [2.05, 4.69) is 45.4 Å². The fraction of sp³-hybridized carbons (Fsp3) is 0.0800. The molecule has 0 aliphatic heterocycles. The van der Waals surface area contributed by atoms with Gasteiger partial charge in [-0.05, 0) is 106 Å². The summed E-state index contributed by atoms with van der Waals surface area (Å²) in [4.78, 5) is 33.5. The number of sulfone groups is 2. The largest absolute Gasteiger partial charge is 0.569 e. The Bertz CT molecular complexity index is 4080. The van der Waals surface area contributed by atoms with E-state index in [1.807, 2.05) is 0 Å². The van der Waals surface area contributed by atoms with Crippen LogP contribution in [0.1, 0.15) is 11.4 Å². The maximum atomic E-state index is 15.2. The molecule has 6 aromatic carbocycles. The van der Waals surface area contributed by atoms with Crippen LogP contribution in [-0.2, 0) is 31.2 Å². The third-order valence-corrected chi connectivity index (χ3v) is 14.9. The Labute approximate surface area is 436 Å². The van der Waals surface area contributed by atoms with Gasteiger partial charge in [0.2, 0.25) is 0 Å². The molecule has 0 bridgehead atoms. The van der Waals surface area contributed by atoms with Crippen LogP contribution in [0.25, 0.3) is 44.6 Å². The van der Waals surface area contributed by atoms with E-state index >= 15 is 4.39 Å². The number of hydrogen-bond acceptors (Lipinski definition) is 16. The predicted molar refractivity (Wildman–Crippen MR) is 271 cm³/mol. The quantitative estimate of drug-likeness (QED) is 0.0844. The summed E-state index contributed by atoms with van der Waals surface area (Å²) in [6, 6.07) is 26.9. The van der Waals surface area contributed by atoms with Crippen LogP contribution in [0.3, 0.4) is 0 Å². The molecular weight excluding hydrogens is 1110 g/mol. The third-order valence-electron chi connectivity index (χ3n) is 11.0. The van der Waals surface area contributed by atoms with Gasteiger partial charge in [-0.25, -0.2) is 44.4 Å². The van der Waals surface area contributed by atoms with Gasteiger partial charge < -0.3 is 28.2 Å². The Morgan fingerprint density at radius 2 is 1.07 bits per heavy atom. The second kappa shape index (κ2) is 23.0. The lowest BCUT2D eigenvalue weighted by Gasteiger charge is -2.16. The molecule has 4 aromatic heterocycles. The third kappa shape index (κ3) is 12.0. The van der Waals surface area contributed by atoms with Gasteiger partial charge in [0.15, 0.2) is 19.7 Å². The van der Waals surface area contributed by atoms with Crippen LogP contribution >= 0.6 is 15.9 Å². The van der Waals surface area contributed by atoms with Gasteiger partial charge in [0.1, 0.15) is 64.5 Å². The van der Waals surface area contributed by atoms with Crippen molar-refractivity contribution < 1.29 is 62.6 Å². The summed E-state index contributed by atoms with van der Waals surface area (Å²) in [6.45, 7) is 0. The first kappa shape index (κ1) is 53.8. The molecule has 0 unspecified atom stereocenters. The summed E-state index contributed by atoms with van der Waals surface area (Å²) in [5, 5.41) is 15.4. The molecule has 4 heterocycles. The average Bonchev–Trinajstić information content (AvgIpc) is 4.14. The lowest BCUT2D eigenvalue weighted by Crippen LogP contribution is -2.20. The Morgan fingerprint density at radius 3 is 1.51 bits per heavy atom. The van der Waals surface area contributed by atoms with Crippen LogP contribution in [0.2, 0.25) is 0 Å². The van der Waals surface area contributed by atoms with Crippen LogP contribution in [0.15, 0.2) is 179 Å². The summed E-state index contributed by atoms with van der Waals surface area (Å²) in [7, 11) is -4.20. The van der Waals surface area contributed by atoms with Crippen LogP contribution < -0.4 is 25.2 Å². The van der Waals surface area contributed by atoms with Gasteiger partial charge in [-0.15, -0.1) is 0 Å². The molecule has 1 radical (unpaired) electrons. The van der Waals surface area contributed by atoms with Gasteiger partial charge in [0, 0.05) is 29.8 Å². The number of halogens is 5. The van der Waals surface area contributed by atoms with Crippen molar-refractivity contribution in [3.63, 3.8) is 0 Å². The highest BCUT2D eigenvalue weighted by molar-refractivity contribution is 9.10. The Balaban J connectivity index is 0.000000172. The number of aromatic nitrogens is 6. The highest BCUT2D eigenvalue weighted by Gasteiger charge is 2.23. The standard InChI is InChI=1S/C25H17F2N3O5S.C19H13BrFN3O5S.C6H5BFO2/c1-34-24-11-19(15-2-4-16(26)5-3-15)20(27)12-23(24)30-22-7-6-18(10-21(22)28-13-25(30)31)36(32,33)14-17-8-9-35-29-17;1-28-18-7-13(20)14(21)8-17(18)24-16-3-2-12(6-15(16)22-9-19(24)25)30(26,27)10-11-4-5-29-23-11;8-5-1-3-6(4-2-5)10-7-9/h2-13H,14H2,1H3;2-9H,10H2,1H3;1-4,9H. The minimum atomic E-state index is -3.78. The van der Waals surface area contributed by atoms with Crippen molar-refractivity contribution in [2.24, 2.45) is 0 Å². The second-order valence-corrected chi connectivity index (χ2v) is 20.6. The molecule has 387 valence electrons. The molecule has 0 fully saturated rings. The van der Waals surface area contributed by atoms with E-state index in [1.54, 1.807) is 0 Å². The summed E-state index contributed by atoms with van der Waals surface area (Å²) in [6.07, 6.45) is 4.62. The van der Waals surface area contributed by atoms with Gasteiger partial charge in [-0.1, -0.05) is 22.4 Å². The van der Waals surface area contributed by atoms with Gasteiger partial charge in [-0.3, -0.25) is 18.7 Å². The van der Waals surface area contributed by atoms with Gasteiger partial charge in [-0.2, -0.15) is 0 Å². The molecule has 0 saturated carbocycles. The van der Waals surface area contributed by atoms with Crippen molar-refractivity contribution in [2.75, 3.05) is 14.2 Å². The average molecular weight is 1140 g/mol. The normalized spacial score (nSPS) is 11.3. The lowest BCUT2D eigenvalue weighted by molar-refractivity contribution is 0.411. The zero-order valence-electron chi connectivity index (χ0n) is 39.2. The Hall–Kier alpha value is -8.46. The van der Waals surface area contributed by atoms with Crippen molar-refractivity contribution in [3.8, 4) is 39.8 Å². The number of methoxy groups -OCH3 is 2. The van der Waals surface area contributed by atoms with Gasteiger partial charge >= 0.3 is 7.69 Å². The monoisotopic (exact) mass is 1140 g/mol. The number of rotatable bonds is 13. The molecule has 0 spiro atoms. The van der Waals surface area contributed by atoms with Crippen LogP contribution in [-0.4, -0.2) is 73.2 Å². The molecule has 0 atom stereocenters. The van der Waals surface area contributed by atoms with E-state index in [0.29, 0.717) is 24.5 Å². The first-order valence-electron chi connectivity index (χ1n) is 21.7. The molecule has 76 heavy (non-hydrogen) atoms. The van der Waals surface area contributed by atoms with Crippen molar-refractivity contribution >= 4 is 65.4 Å². The maximum Gasteiger partial charge on any atom is 0.569 e. The van der Waals surface area contributed by atoms with Gasteiger partial charge in [0.25, 0.3) is 11.1 Å². The first-order valence-corrected chi connectivity index (χ1v) is 25.8. The van der Waals surface area contributed by atoms with Crippen molar-refractivity contribution in [3.05, 3.63) is 206 Å². The number of hydrogen-bond donors (Lipinski definition) is 1. The zero-order valence-corrected chi connectivity index (χ0v) is 42.4. The summed E-state index contributed by atoms with van der Waals surface area (Å²) in [5.74, 6) is -1.93. The molecule has 10 rings (SSSR count). The van der Waals surface area contributed by atoms with E-state index in [-0.39, 0.29) is 88.0 Å². The summed E-state index contributed by atoms with van der Waals surface area (Å²) < 4.78 is 133. The van der Waals surface area contributed by atoms with Crippen LogP contribution in [0.5, 0.6) is 17.2 Å². The molecular formula is C50H35BBrF4N6O12S2. The van der Waals surface area contributed by atoms with Gasteiger partial charge in [0.05, 0.1) is 85.7 Å². The topological polar surface area (TPSA) is 238 Å². The van der Waals surface area contributed by atoms with Crippen LogP contribution in [0, 0.1) is 23.3 Å². The van der Waals surface area contributed by atoms with Crippen LogP contribution in [0.4, 0.5) is 17.6 Å². The predicted octanol–water partition coefficient (Wildman–Crippen LogP) is 8.29. The SMILES string of the molecule is COc1cc(-c2ccc(F)cc2)c(F)cc1-n1c(=O)cnc2cc(S(=O)(=O)Cc3ccon3)ccc21.COc1cc(Br)c(F)cc1-n1c(=O)cnc2cc(S(=O)(=O)Cc3ccon3)ccc21.O[B]Oc1ccc(F)cc1. The number of nitrogens with zero attached hydrogens (tertiary/aromatic N) is 6. The number of ether oxygens (including phenoxy) is 2. The fourth-order valence-corrected chi connectivity index (χ4v) is 10.3. The molecule has 0 amide bonds. The Morgan fingerprint density at radius 1 is 0.605 bits per heavy atom. The zero-order chi connectivity index (χ0) is 54.3. The highest BCUT2D eigenvalue weighted by Crippen LogP contribution is 2.35. The van der Waals surface area contributed by atoms with Crippen molar-refractivity contribution in [1.82, 2.24) is 29.4 Å². The fourth-order valence-electron chi connectivity index (χ4n) is 7.42. The summed E-state index contributed by atoms with van der Waals surface area (Å²) >= 11 is 3.08. The molecule has 26 heteroatoms. The minimum Gasteiger partial charge on any atom is -0.537 e. The highest BCUT2D eigenvalue weighted by atomic mass is 79.9. The minimum absolute atomic E-state index is 0.00431. The van der Waals surface area contributed by atoms with Crippen molar-refractivity contribution in [2.45, 2.75) is 21.3 Å². The van der Waals surface area contributed by atoms with E-state index in [4.69, 9.17) is 19.0 Å². The van der Waals surface area contributed by atoms with E-state index < -0.39 is 48.2 Å². The number of fused-ring (bicyclic) bond motifs is 2. The molecule has 0 aliphatic rings. The Kier molecular flexibility index (Phi) is 16.3. The van der Waals surface area contributed by atoms with E-state index in [1.165, 1.54) is 145 Å². The first-order chi connectivity index (χ1) is 36.4. The van der Waals surface area contributed by atoms with Crippen molar-refractivity contribution in [1.29, 1.82) is 0 Å². The van der Waals surface area contributed by atoms with E-state index in [0.717, 1.165) is 24.5 Å². The lowest BCUT2D eigenvalue weighted by atomic mass is 10.0. The summed E-state index contributed by atoms with van der Waals surface area (Å²) in [5.41, 5.74) is 1.22.